The van der Waals surface area contributed by atoms with Crippen molar-refractivity contribution < 1.29 is 9.53 Å². The van der Waals surface area contributed by atoms with Crippen molar-refractivity contribution in [1.82, 2.24) is 4.90 Å². The number of ether oxygens (including phenoxy) is 1. The van der Waals surface area contributed by atoms with Crippen LogP contribution in [0.15, 0.2) is 54.6 Å². The lowest BCUT2D eigenvalue weighted by Gasteiger charge is -2.17. The molecule has 0 radical (unpaired) electrons. The molecule has 0 saturated carbocycles. The van der Waals surface area contributed by atoms with Crippen LogP contribution in [0.2, 0.25) is 0 Å². The number of carbonyl (C=O) groups is 1. The Labute approximate surface area is 131 Å². The van der Waals surface area contributed by atoms with Crippen LogP contribution < -0.4 is 10.1 Å². The van der Waals surface area contributed by atoms with Gasteiger partial charge in [-0.3, -0.25) is 9.69 Å². The van der Waals surface area contributed by atoms with Crippen molar-refractivity contribution in [2.75, 3.05) is 25.0 Å². The zero-order chi connectivity index (χ0) is 15.8. The number of nitrogens with one attached hydrogen (secondary N) is 1. The van der Waals surface area contributed by atoms with Crippen molar-refractivity contribution >= 4 is 11.6 Å². The van der Waals surface area contributed by atoms with Crippen molar-refractivity contribution in [3.05, 3.63) is 54.6 Å². The number of likely N-dealkylation sites (N-methyl/N-ethyl adjacent to an activating group) is 1. The predicted molar refractivity (Wildman–Crippen MR) is 89.4 cm³/mol. The molecule has 0 atom stereocenters. The van der Waals surface area contributed by atoms with Crippen molar-refractivity contribution in [2.24, 2.45) is 0 Å². The maximum Gasteiger partial charge on any atom is 0.238 e. The molecule has 116 valence electrons. The minimum Gasteiger partial charge on any atom is -0.457 e. The zero-order valence-electron chi connectivity index (χ0n) is 13.1. The summed E-state index contributed by atoms with van der Waals surface area (Å²) >= 11 is 0. The van der Waals surface area contributed by atoms with Crippen LogP contribution in [-0.2, 0) is 4.79 Å². The molecule has 2 rings (SSSR count). The molecule has 0 spiro atoms. The molecule has 1 N–H and O–H groups in total. The number of rotatable bonds is 7. The summed E-state index contributed by atoms with van der Waals surface area (Å²) in [4.78, 5) is 14.1. The van der Waals surface area contributed by atoms with E-state index >= 15 is 0 Å². The topological polar surface area (TPSA) is 41.6 Å². The zero-order valence-corrected chi connectivity index (χ0v) is 13.1. The number of nitrogens with zero attached hydrogens (tertiary/aromatic N) is 1. The second-order valence-corrected chi connectivity index (χ2v) is 4.95. The Hall–Kier alpha value is -2.33. The van der Waals surface area contributed by atoms with Gasteiger partial charge in [0.1, 0.15) is 11.5 Å². The molecule has 0 bridgehead atoms. The normalized spacial score (nSPS) is 10.5. The van der Waals surface area contributed by atoms with E-state index in [0.29, 0.717) is 12.3 Å². The smallest absolute Gasteiger partial charge is 0.238 e. The fraction of sp³-hybridized carbons (Fsp3) is 0.278. The van der Waals surface area contributed by atoms with Gasteiger partial charge in [-0.05, 0) is 37.4 Å². The standard InChI is InChI=1S/C18H22N2O2/c1-3-20(4-2)14-18(21)19-15-9-8-12-17(13-15)22-16-10-6-5-7-11-16/h5-13H,3-4,14H2,1-2H3,(H,19,21). The van der Waals surface area contributed by atoms with Gasteiger partial charge in [-0.25, -0.2) is 0 Å². The number of benzene rings is 2. The Kier molecular flexibility index (Phi) is 5.98. The summed E-state index contributed by atoms with van der Waals surface area (Å²) in [7, 11) is 0. The third-order valence-electron chi connectivity index (χ3n) is 3.36. The largest absolute Gasteiger partial charge is 0.457 e. The average Bonchev–Trinajstić information content (AvgIpc) is 2.54. The first-order valence-electron chi connectivity index (χ1n) is 7.56. The summed E-state index contributed by atoms with van der Waals surface area (Å²) in [5.74, 6) is 1.46. The van der Waals surface area contributed by atoms with Crippen molar-refractivity contribution in [1.29, 1.82) is 0 Å². The molecule has 0 aliphatic rings. The molecule has 0 aliphatic carbocycles. The van der Waals surface area contributed by atoms with Crippen LogP contribution in [-0.4, -0.2) is 30.4 Å². The number of amides is 1. The fourth-order valence-electron chi connectivity index (χ4n) is 2.11. The summed E-state index contributed by atoms with van der Waals surface area (Å²) in [5, 5.41) is 2.91. The molecule has 0 saturated heterocycles. The van der Waals surface area contributed by atoms with Gasteiger partial charge in [0.15, 0.2) is 0 Å². The quantitative estimate of drug-likeness (QED) is 0.846. The van der Waals surface area contributed by atoms with E-state index in [4.69, 9.17) is 4.74 Å². The highest BCUT2D eigenvalue weighted by atomic mass is 16.5. The van der Waals surface area contributed by atoms with Crippen LogP contribution in [0.5, 0.6) is 11.5 Å². The molecule has 0 heterocycles. The summed E-state index contributed by atoms with van der Waals surface area (Å²) in [6.45, 7) is 6.22. The van der Waals surface area contributed by atoms with Crippen LogP contribution in [0.1, 0.15) is 13.8 Å². The summed E-state index contributed by atoms with van der Waals surface area (Å²) in [5.41, 5.74) is 0.741. The summed E-state index contributed by atoms with van der Waals surface area (Å²) in [6, 6.07) is 17.0. The number of hydrogen-bond acceptors (Lipinski definition) is 3. The Bertz CT molecular complexity index is 595. The number of carbonyl (C=O) groups excluding carboxylic acids is 1. The number of para-hydroxylation sites is 1. The maximum atomic E-state index is 12.0. The van der Waals surface area contributed by atoms with Crippen molar-refractivity contribution in [3.8, 4) is 11.5 Å². The molecule has 0 unspecified atom stereocenters. The molecular formula is C18H22N2O2. The molecule has 22 heavy (non-hydrogen) atoms. The van der Waals surface area contributed by atoms with E-state index in [1.807, 2.05) is 68.4 Å². The lowest BCUT2D eigenvalue weighted by molar-refractivity contribution is -0.117. The van der Waals surface area contributed by atoms with Gasteiger partial charge in [-0.15, -0.1) is 0 Å². The molecule has 0 aromatic heterocycles. The molecule has 0 aliphatic heterocycles. The third-order valence-corrected chi connectivity index (χ3v) is 3.36. The van der Waals surface area contributed by atoms with E-state index in [1.165, 1.54) is 0 Å². The number of hydrogen-bond donors (Lipinski definition) is 1. The lowest BCUT2D eigenvalue weighted by atomic mass is 10.3. The first-order chi connectivity index (χ1) is 10.7. The van der Waals surface area contributed by atoms with Crippen LogP contribution >= 0.6 is 0 Å². The SMILES string of the molecule is CCN(CC)CC(=O)Nc1cccc(Oc2ccccc2)c1. The van der Waals surface area contributed by atoms with Crippen molar-refractivity contribution in [2.45, 2.75) is 13.8 Å². The lowest BCUT2D eigenvalue weighted by Crippen LogP contribution is -2.32. The minimum atomic E-state index is -0.0134. The molecule has 4 nitrogen and oxygen atoms in total. The van der Waals surface area contributed by atoms with E-state index in [9.17, 15) is 4.79 Å². The first-order valence-corrected chi connectivity index (χ1v) is 7.56. The average molecular weight is 298 g/mol. The van der Waals surface area contributed by atoms with E-state index in [1.54, 1.807) is 0 Å². The number of anilines is 1. The monoisotopic (exact) mass is 298 g/mol. The van der Waals surface area contributed by atoms with E-state index < -0.39 is 0 Å². The third kappa shape index (κ3) is 4.90. The van der Waals surface area contributed by atoms with Crippen LogP contribution in [0.3, 0.4) is 0 Å². The molecule has 4 heteroatoms. The maximum absolute atomic E-state index is 12.0. The van der Waals surface area contributed by atoms with Gasteiger partial charge in [0, 0.05) is 11.8 Å². The van der Waals surface area contributed by atoms with Gasteiger partial charge in [-0.2, -0.15) is 0 Å². The Morgan fingerprint density at radius 2 is 1.68 bits per heavy atom. The molecule has 1 amide bonds. The van der Waals surface area contributed by atoms with Gasteiger partial charge in [0.25, 0.3) is 0 Å². The van der Waals surface area contributed by atoms with Crippen LogP contribution in [0.4, 0.5) is 5.69 Å². The van der Waals surface area contributed by atoms with Crippen molar-refractivity contribution in [3.63, 3.8) is 0 Å². The van der Waals surface area contributed by atoms with Crippen LogP contribution in [0.25, 0.3) is 0 Å². The Morgan fingerprint density at radius 3 is 2.36 bits per heavy atom. The van der Waals surface area contributed by atoms with Gasteiger partial charge in [0.2, 0.25) is 5.91 Å². The first kappa shape index (κ1) is 16.0. The molecular weight excluding hydrogens is 276 g/mol. The predicted octanol–water partition coefficient (Wildman–Crippen LogP) is 3.76. The highest BCUT2D eigenvalue weighted by molar-refractivity contribution is 5.92. The Balaban J connectivity index is 1.98. The van der Waals surface area contributed by atoms with E-state index in [2.05, 4.69) is 10.2 Å². The minimum absolute atomic E-state index is 0.0134. The summed E-state index contributed by atoms with van der Waals surface area (Å²) < 4.78 is 5.76. The molecule has 2 aromatic rings. The van der Waals surface area contributed by atoms with Gasteiger partial charge >= 0.3 is 0 Å². The highest BCUT2D eigenvalue weighted by Gasteiger charge is 2.08. The van der Waals surface area contributed by atoms with Crippen LogP contribution in [0, 0.1) is 0 Å². The van der Waals surface area contributed by atoms with E-state index in [0.717, 1.165) is 24.5 Å². The van der Waals surface area contributed by atoms with Gasteiger partial charge < -0.3 is 10.1 Å². The van der Waals surface area contributed by atoms with E-state index in [-0.39, 0.29) is 5.91 Å². The summed E-state index contributed by atoms with van der Waals surface area (Å²) in [6.07, 6.45) is 0. The molecule has 0 fully saturated rings. The van der Waals surface area contributed by atoms with Gasteiger partial charge in [-0.1, -0.05) is 38.1 Å². The second kappa shape index (κ2) is 8.20. The highest BCUT2D eigenvalue weighted by Crippen LogP contribution is 2.23. The fourth-order valence-corrected chi connectivity index (χ4v) is 2.11. The van der Waals surface area contributed by atoms with Gasteiger partial charge in [0.05, 0.1) is 6.54 Å². The second-order valence-electron chi connectivity index (χ2n) is 4.95. The molecule has 2 aromatic carbocycles. The Morgan fingerprint density at radius 1 is 1.00 bits per heavy atom.